The van der Waals surface area contributed by atoms with E-state index < -0.39 is 5.66 Å². The Kier molecular flexibility index (Phi) is 2.77. The van der Waals surface area contributed by atoms with E-state index in [2.05, 4.69) is 0 Å². The molecule has 0 aromatic heterocycles. The summed E-state index contributed by atoms with van der Waals surface area (Å²) in [6, 6.07) is 7.22. The van der Waals surface area contributed by atoms with Crippen LogP contribution in [0, 0.1) is 5.21 Å². The third-order valence-corrected chi connectivity index (χ3v) is 3.24. The molecule has 1 aliphatic rings. The van der Waals surface area contributed by atoms with Crippen LogP contribution in [0.15, 0.2) is 24.3 Å². The van der Waals surface area contributed by atoms with Gasteiger partial charge in [-0.3, -0.25) is 5.21 Å². The Labute approximate surface area is 106 Å². The molecule has 1 heterocycles. The Morgan fingerprint density at radius 2 is 1.78 bits per heavy atom. The van der Waals surface area contributed by atoms with Crippen LogP contribution in [-0.4, -0.2) is 38.9 Å². The van der Waals surface area contributed by atoms with Crippen LogP contribution in [0.3, 0.4) is 0 Å². The lowest BCUT2D eigenvalue weighted by Gasteiger charge is -2.11. The highest BCUT2D eigenvalue weighted by molar-refractivity contribution is 6.44. The van der Waals surface area contributed by atoms with E-state index in [1.165, 1.54) is 0 Å². The van der Waals surface area contributed by atoms with Crippen LogP contribution >= 0.6 is 0 Å². The van der Waals surface area contributed by atoms with E-state index in [0.717, 1.165) is 20.8 Å². The van der Waals surface area contributed by atoms with Crippen molar-refractivity contribution >= 4 is 11.4 Å². The van der Waals surface area contributed by atoms with Crippen molar-refractivity contribution in [3.8, 4) is 5.75 Å². The molecule has 5 nitrogen and oxygen atoms in total. The average molecular weight is 249 g/mol. The first kappa shape index (κ1) is 12.4. The second-order valence-electron chi connectivity index (χ2n) is 4.76. The molecular weight excluding hydrogens is 232 g/mol. The smallest absolute Gasteiger partial charge is 0.401 e. The van der Waals surface area contributed by atoms with Crippen LogP contribution in [0.25, 0.3) is 0 Å². The molecule has 5 heteroatoms. The van der Waals surface area contributed by atoms with Gasteiger partial charge in [0.2, 0.25) is 0 Å². The molecule has 0 unspecified atom stereocenters. The van der Waals surface area contributed by atoms with Crippen LogP contribution in [0.4, 0.5) is 0 Å². The highest BCUT2D eigenvalue weighted by atomic mass is 16.5. The molecule has 0 saturated carbocycles. The van der Waals surface area contributed by atoms with Crippen molar-refractivity contribution in [1.29, 1.82) is 0 Å². The summed E-state index contributed by atoms with van der Waals surface area (Å²) in [5, 5.41) is 22.1. The van der Waals surface area contributed by atoms with Gasteiger partial charge in [0.15, 0.2) is 0 Å². The zero-order valence-electron chi connectivity index (χ0n) is 11.0. The Balaban J connectivity index is 2.53. The molecule has 1 aliphatic heterocycles. The van der Waals surface area contributed by atoms with Gasteiger partial charge in [0.05, 0.1) is 31.3 Å². The lowest BCUT2D eigenvalue weighted by atomic mass is 10.1. The van der Waals surface area contributed by atoms with Gasteiger partial charge in [-0.05, 0) is 24.3 Å². The topological polar surface area (TPSA) is 58.5 Å². The molecule has 0 amide bonds. The Hall–Kier alpha value is -2.04. The first-order valence-electron chi connectivity index (χ1n) is 5.71. The highest BCUT2D eigenvalue weighted by Crippen LogP contribution is 2.20. The predicted octanol–water partition coefficient (Wildman–Crippen LogP) is 1.61. The molecule has 96 valence electrons. The van der Waals surface area contributed by atoms with Crippen LogP contribution < -0.4 is 4.74 Å². The zero-order valence-corrected chi connectivity index (χ0v) is 11.0. The van der Waals surface area contributed by atoms with Gasteiger partial charge in [0, 0.05) is 6.92 Å². The van der Waals surface area contributed by atoms with Crippen molar-refractivity contribution in [2.45, 2.75) is 26.4 Å². The minimum atomic E-state index is -0.987. The van der Waals surface area contributed by atoms with Gasteiger partial charge in [0.1, 0.15) is 5.75 Å². The number of hydrogen-bond acceptors (Lipinski definition) is 3. The van der Waals surface area contributed by atoms with E-state index in [-0.39, 0.29) is 0 Å². The molecule has 2 rings (SSSR count). The molecule has 1 N–H and O–H groups in total. The third kappa shape index (κ3) is 1.63. The summed E-state index contributed by atoms with van der Waals surface area (Å²) in [4.78, 5) is 0. The van der Waals surface area contributed by atoms with Gasteiger partial charge >= 0.3 is 11.4 Å². The quantitative estimate of drug-likeness (QED) is 0.492. The molecule has 18 heavy (non-hydrogen) atoms. The fourth-order valence-electron chi connectivity index (χ4n) is 2.10. The van der Waals surface area contributed by atoms with Gasteiger partial charge in [-0.15, -0.1) is 4.74 Å². The number of methoxy groups -OCH3 is 1. The van der Waals surface area contributed by atoms with Crippen molar-refractivity contribution in [3.63, 3.8) is 0 Å². The summed E-state index contributed by atoms with van der Waals surface area (Å²) >= 11 is 0. The molecule has 0 radical (unpaired) electrons. The van der Waals surface area contributed by atoms with E-state index in [1.807, 2.05) is 12.1 Å². The lowest BCUT2D eigenvalue weighted by Crippen LogP contribution is -2.40. The SMILES string of the molecule is COc1ccc(C2=[N+](O)C(C)(C)[N+]([O-])=C2C)cc1. The first-order valence-corrected chi connectivity index (χ1v) is 5.71. The van der Waals surface area contributed by atoms with Crippen LogP contribution in [0.2, 0.25) is 0 Å². The molecule has 1 aromatic carbocycles. The second-order valence-corrected chi connectivity index (χ2v) is 4.76. The highest BCUT2D eigenvalue weighted by Gasteiger charge is 2.53. The molecule has 0 fully saturated rings. The van der Waals surface area contributed by atoms with Crippen molar-refractivity contribution in [3.05, 3.63) is 35.0 Å². The maximum atomic E-state index is 12.0. The first-order chi connectivity index (χ1) is 8.39. The van der Waals surface area contributed by atoms with E-state index in [1.54, 1.807) is 40.0 Å². The standard InChI is InChI=1S/C13H17N2O3/c1-9-12(15(17)13(2,3)14(9)16)10-5-7-11(18-4)8-6-10/h5-8,17H,1-4H3/q+1. The Morgan fingerprint density at radius 3 is 2.17 bits per heavy atom. The zero-order chi connectivity index (χ0) is 13.5. The van der Waals surface area contributed by atoms with E-state index >= 15 is 0 Å². The summed E-state index contributed by atoms with van der Waals surface area (Å²) in [6.07, 6.45) is 0. The number of rotatable bonds is 2. The number of benzene rings is 1. The summed E-state index contributed by atoms with van der Waals surface area (Å²) in [7, 11) is 1.59. The van der Waals surface area contributed by atoms with E-state index in [4.69, 9.17) is 4.74 Å². The van der Waals surface area contributed by atoms with E-state index in [9.17, 15) is 10.4 Å². The third-order valence-electron chi connectivity index (χ3n) is 3.24. The summed E-state index contributed by atoms with van der Waals surface area (Å²) in [5.74, 6) is 0.734. The molecule has 0 saturated heterocycles. The monoisotopic (exact) mass is 249 g/mol. The van der Waals surface area contributed by atoms with Gasteiger partial charge in [-0.1, -0.05) is 0 Å². The molecule has 1 aromatic rings. The summed E-state index contributed by atoms with van der Waals surface area (Å²) in [6.45, 7) is 5.03. The molecule has 0 bridgehead atoms. The van der Waals surface area contributed by atoms with Crippen LogP contribution in [-0.2, 0) is 0 Å². The van der Waals surface area contributed by atoms with Gasteiger partial charge < -0.3 is 9.94 Å². The van der Waals surface area contributed by atoms with Gasteiger partial charge in [0.25, 0.3) is 5.71 Å². The van der Waals surface area contributed by atoms with Crippen molar-refractivity contribution in [2.24, 2.45) is 0 Å². The largest absolute Gasteiger partial charge is 0.618 e. The fraction of sp³-hybridized carbons (Fsp3) is 0.385. The molecule has 0 atom stereocenters. The number of ether oxygens (including phenoxy) is 1. The number of hydrogen-bond donors (Lipinski definition) is 1. The number of nitrogens with zero attached hydrogens (tertiary/aromatic N) is 2. The normalized spacial score (nSPS) is 18.4. The minimum Gasteiger partial charge on any atom is -0.618 e. The Bertz CT molecular complexity index is 542. The molecular formula is C13H17N2O3+. The molecule has 0 aliphatic carbocycles. The van der Waals surface area contributed by atoms with Crippen molar-refractivity contribution < 1.29 is 19.4 Å². The lowest BCUT2D eigenvalue weighted by molar-refractivity contribution is -0.915. The number of hydroxylamine groups is 2. The van der Waals surface area contributed by atoms with Gasteiger partial charge in [-0.2, -0.15) is 0 Å². The van der Waals surface area contributed by atoms with Gasteiger partial charge in [-0.25, -0.2) is 0 Å². The van der Waals surface area contributed by atoms with Crippen molar-refractivity contribution in [1.82, 2.24) is 0 Å². The van der Waals surface area contributed by atoms with Crippen LogP contribution in [0.1, 0.15) is 26.3 Å². The Morgan fingerprint density at radius 1 is 1.22 bits per heavy atom. The molecule has 0 spiro atoms. The second kappa shape index (κ2) is 4.01. The maximum absolute atomic E-state index is 12.0. The van der Waals surface area contributed by atoms with Crippen molar-refractivity contribution in [2.75, 3.05) is 7.11 Å². The van der Waals surface area contributed by atoms with E-state index in [0.29, 0.717) is 11.4 Å². The maximum Gasteiger partial charge on any atom is 0.401 e. The van der Waals surface area contributed by atoms with Crippen LogP contribution in [0.5, 0.6) is 5.75 Å². The summed E-state index contributed by atoms with van der Waals surface area (Å²) in [5.41, 5.74) is 0.812. The fourth-order valence-corrected chi connectivity index (χ4v) is 2.10. The predicted molar refractivity (Wildman–Crippen MR) is 67.5 cm³/mol. The summed E-state index contributed by atoms with van der Waals surface area (Å²) < 4.78 is 6.91. The minimum absolute atomic E-state index is 0.493. The average Bonchev–Trinajstić information content (AvgIpc) is 2.51.